The third-order valence-corrected chi connectivity index (χ3v) is 1.82. The van der Waals surface area contributed by atoms with E-state index < -0.39 is 0 Å². The largest absolute Gasteiger partial charge is 0.299 e. The van der Waals surface area contributed by atoms with Crippen LogP contribution in [0.5, 0.6) is 0 Å². The van der Waals surface area contributed by atoms with Crippen molar-refractivity contribution in [3.05, 3.63) is 24.4 Å². The number of rotatable bonds is 5. The molecule has 1 aromatic heterocycles. The third-order valence-electron chi connectivity index (χ3n) is 1.82. The van der Waals surface area contributed by atoms with Crippen molar-refractivity contribution in [3.8, 4) is 0 Å². The van der Waals surface area contributed by atoms with Gasteiger partial charge in [-0.3, -0.25) is 9.69 Å². The molecule has 0 unspecified atom stereocenters. The van der Waals surface area contributed by atoms with Crippen LogP contribution in [0.3, 0.4) is 0 Å². The quantitative estimate of drug-likeness (QED) is 0.644. The number of unbranched alkanes of at least 4 members (excludes halogenated alkanes) is 1. The molecule has 1 heterocycles. The molecule has 0 aliphatic heterocycles. The molecule has 0 bridgehead atoms. The highest BCUT2D eigenvalue weighted by atomic mass is 16.1. The number of anilines is 1. The minimum Gasteiger partial charge on any atom is -0.299 e. The lowest BCUT2D eigenvalue weighted by Gasteiger charge is -2.14. The normalized spacial score (nSPS) is 9.62. The average molecular weight is 178 g/mol. The first kappa shape index (κ1) is 9.71. The van der Waals surface area contributed by atoms with E-state index >= 15 is 0 Å². The molecule has 70 valence electrons. The Labute approximate surface area is 78.4 Å². The SMILES string of the molecule is CCCCN(C=O)c1ccccn1. The molecule has 3 nitrogen and oxygen atoms in total. The Hall–Kier alpha value is -1.38. The number of hydrogen-bond acceptors (Lipinski definition) is 2. The highest BCUT2D eigenvalue weighted by molar-refractivity contribution is 5.72. The fourth-order valence-corrected chi connectivity index (χ4v) is 1.07. The standard InChI is InChI=1S/C10H14N2O/c1-2-3-8-12(9-13)10-6-4-5-7-11-10/h4-7,9H,2-3,8H2,1H3. The van der Waals surface area contributed by atoms with Crippen LogP contribution in [0.4, 0.5) is 5.82 Å². The molecule has 0 fully saturated rings. The minimum atomic E-state index is 0.728. The summed E-state index contributed by atoms with van der Waals surface area (Å²) in [5, 5.41) is 0. The van der Waals surface area contributed by atoms with Gasteiger partial charge in [-0.1, -0.05) is 19.4 Å². The average Bonchev–Trinajstić information content (AvgIpc) is 2.21. The zero-order chi connectivity index (χ0) is 9.52. The van der Waals surface area contributed by atoms with Crippen molar-refractivity contribution in [3.63, 3.8) is 0 Å². The molecular weight excluding hydrogens is 164 g/mol. The van der Waals surface area contributed by atoms with E-state index in [0.717, 1.165) is 31.6 Å². The zero-order valence-corrected chi connectivity index (χ0v) is 7.81. The second-order valence-corrected chi connectivity index (χ2v) is 2.84. The molecule has 0 saturated heterocycles. The fraction of sp³-hybridized carbons (Fsp3) is 0.400. The van der Waals surface area contributed by atoms with Gasteiger partial charge in [-0.25, -0.2) is 4.98 Å². The molecule has 13 heavy (non-hydrogen) atoms. The molecule has 1 amide bonds. The molecule has 0 spiro atoms. The van der Waals surface area contributed by atoms with Crippen molar-refractivity contribution in [1.82, 2.24) is 4.98 Å². The van der Waals surface area contributed by atoms with Crippen molar-refractivity contribution in [2.75, 3.05) is 11.4 Å². The van der Waals surface area contributed by atoms with Crippen LogP contribution in [0, 0.1) is 0 Å². The Kier molecular flexibility index (Phi) is 3.96. The van der Waals surface area contributed by atoms with Gasteiger partial charge in [-0.2, -0.15) is 0 Å². The molecule has 1 rings (SSSR count). The molecule has 0 aliphatic carbocycles. The summed E-state index contributed by atoms with van der Waals surface area (Å²) in [7, 11) is 0. The number of hydrogen-bond donors (Lipinski definition) is 0. The Morgan fingerprint density at radius 1 is 1.54 bits per heavy atom. The van der Waals surface area contributed by atoms with Crippen molar-refractivity contribution >= 4 is 12.2 Å². The van der Waals surface area contributed by atoms with E-state index in [-0.39, 0.29) is 0 Å². The predicted molar refractivity (Wildman–Crippen MR) is 52.6 cm³/mol. The third kappa shape index (κ3) is 2.86. The van der Waals surface area contributed by atoms with Gasteiger partial charge in [0.25, 0.3) is 0 Å². The molecule has 0 aliphatic rings. The summed E-state index contributed by atoms with van der Waals surface area (Å²) in [4.78, 5) is 16.4. The van der Waals surface area contributed by atoms with E-state index in [1.54, 1.807) is 11.1 Å². The Bertz CT molecular complexity index is 248. The van der Waals surface area contributed by atoms with E-state index in [4.69, 9.17) is 0 Å². The van der Waals surface area contributed by atoms with Gasteiger partial charge in [0, 0.05) is 12.7 Å². The number of nitrogens with zero attached hydrogens (tertiary/aromatic N) is 2. The van der Waals surface area contributed by atoms with E-state index in [1.807, 2.05) is 18.2 Å². The van der Waals surface area contributed by atoms with E-state index in [1.165, 1.54) is 0 Å². The van der Waals surface area contributed by atoms with Crippen LogP contribution in [0.2, 0.25) is 0 Å². The highest BCUT2D eigenvalue weighted by Crippen LogP contribution is 2.07. The number of carbonyl (C=O) groups is 1. The van der Waals surface area contributed by atoms with Crippen molar-refractivity contribution in [1.29, 1.82) is 0 Å². The molecule has 0 radical (unpaired) electrons. The molecule has 0 aromatic carbocycles. The summed E-state index contributed by atoms with van der Waals surface area (Å²) in [6.45, 7) is 2.85. The number of amides is 1. The van der Waals surface area contributed by atoms with E-state index in [9.17, 15) is 4.79 Å². The first-order valence-corrected chi connectivity index (χ1v) is 4.51. The predicted octanol–water partition coefficient (Wildman–Crippen LogP) is 1.84. The maximum atomic E-state index is 10.7. The molecule has 0 saturated carbocycles. The molecule has 0 atom stereocenters. The van der Waals surface area contributed by atoms with Crippen LogP contribution >= 0.6 is 0 Å². The molecule has 0 N–H and O–H groups in total. The van der Waals surface area contributed by atoms with E-state index in [0.29, 0.717) is 0 Å². The van der Waals surface area contributed by atoms with Crippen LogP contribution in [0.25, 0.3) is 0 Å². The van der Waals surface area contributed by atoms with Crippen LogP contribution in [0.15, 0.2) is 24.4 Å². The van der Waals surface area contributed by atoms with Crippen LogP contribution in [-0.4, -0.2) is 17.9 Å². The van der Waals surface area contributed by atoms with Gasteiger partial charge in [-0.15, -0.1) is 0 Å². The Morgan fingerprint density at radius 2 is 2.38 bits per heavy atom. The van der Waals surface area contributed by atoms with Crippen molar-refractivity contribution in [2.24, 2.45) is 0 Å². The van der Waals surface area contributed by atoms with Gasteiger partial charge >= 0.3 is 0 Å². The summed E-state index contributed by atoms with van der Waals surface area (Å²) in [5.41, 5.74) is 0. The van der Waals surface area contributed by atoms with Gasteiger partial charge < -0.3 is 0 Å². The summed E-state index contributed by atoms with van der Waals surface area (Å²) < 4.78 is 0. The summed E-state index contributed by atoms with van der Waals surface area (Å²) in [6.07, 6.45) is 4.61. The molecule has 1 aromatic rings. The van der Waals surface area contributed by atoms with E-state index in [2.05, 4.69) is 11.9 Å². The Balaban J connectivity index is 2.61. The van der Waals surface area contributed by atoms with Crippen LogP contribution in [0.1, 0.15) is 19.8 Å². The van der Waals surface area contributed by atoms with Crippen molar-refractivity contribution in [2.45, 2.75) is 19.8 Å². The monoisotopic (exact) mass is 178 g/mol. The smallest absolute Gasteiger partial charge is 0.215 e. The fourth-order valence-electron chi connectivity index (χ4n) is 1.07. The van der Waals surface area contributed by atoms with Gasteiger partial charge in [0.2, 0.25) is 6.41 Å². The Morgan fingerprint density at radius 3 is 2.92 bits per heavy atom. The maximum absolute atomic E-state index is 10.7. The topological polar surface area (TPSA) is 33.2 Å². The first-order valence-electron chi connectivity index (χ1n) is 4.51. The van der Waals surface area contributed by atoms with Gasteiger partial charge in [-0.05, 0) is 18.6 Å². The van der Waals surface area contributed by atoms with Gasteiger partial charge in [0.15, 0.2) is 0 Å². The molecule has 3 heteroatoms. The minimum absolute atomic E-state index is 0.728. The first-order chi connectivity index (χ1) is 6.38. The maximum Gasteiger partial charge on any atom is 0.215 e. The number of aromatic nitrogens is 1. The summed E-state index contributed by atoms with van der Waals surface area (Å²) >= 11 is 0. The zero-order valence-electron chi connectivity index (χ0n) is 7.81. The second-order valence-electron chi connectivity index (χ2n) is 2.84. The summed E-state index contributed by atoms with van der Waals surface area (Å²) in [6, 6.07) is 5.56. The molecular formula is C10H14N2O. The van der Waals surface area contributed by atoms with Crippen LogP contribution in [-0.2, 0) is 4.79 Å². The van der Waals surface area contributed by atoms with Gasteiger partial charge in [0.1, 0.15) is 5.82 Å². The van der Waals surface area contributed by atoms with Gasteiger partial charge in [0.05, 0.1) is 0 Å². The van der Waals surface area contributed by atoms with Crippen LogP contribution < -0.4 is 4.90 Å². The van der Waals surface area contributed by atoms with Crippen molar-refractivity contribution < 1.29 is 4.79 Å². The number of carbonyl (C=O) groups excluding carboxylic acids is 1. The highest BCUT2D eigenvalue weighted by Gasteiger charge is 2.03. The lowest BCUT2D eigenvalue weighted by atomic mass is 10.3. The lowest BCUT2D eigenvalue weighted by molar-refractivity contribution is -0.107. The summed E-state index contributed by atoms with van der Waals surface area (Å²) in [5.74, 6) is 0.728. The number of pyridine rings is 1. The second kappa shape index (κ2) is 5.30. The lowest BCUT2D eigenvalue weighted by Crippen LogP contribution is -2.22.